The predicted octanol–water partition coefficient (Wildman–Crippen LogP) is 2.50. The maximum atomic E-state index is 8.93. The molecule has 0 bridgehead atoms. The van der Waals surface area contributed by atoms with E-state index in [0.717, 1.165) is 0 Å². The summed E-state index contributed by atoms with van der Waals surface area (Å²) in [5, 5.41) is 35.1. The molecule has 90 valence electrons. The molecule has 17 heavy (non-hydrogen) atoms. The smallest absolute Gasteiger partial charge is 0.119 e. The summed E-state index contributed by atoms with van der Waals surface area (Å²) in [5.74, 6) is 0.577. The lowest BCUT2D eigenvalue weighted by Crippen LogP contribution is -1.71. The normalized spacial score (nSPS) is 9.24. The number of phenols is 4. The van der Waals surface area contributed by atoms with Gasteiger partial charge in [0.1, 0.15) is 23.0 Å². The Morgan fingerprint density at radius 2 is 1.24 bits per heavy atom. The Kier molecular flexibility index (Phi) is 4.22. The van der Waals surface area contributed by atoms with Crippen LogP contribution >= 0.6 is 0 Å². The van der Waals surface area contributed by atoms with Crippen molar-refractivity contribution in [1.29, 1.82) is 0 Å². The van der Waals surface area contributed by atoms with Gasteiger partial charge in [-0.15, -0.1) is 0 Å². The van der Waals surface area contributed by atoms with Crippen molar-refractivity contribution in [3.63, 3.8) is 0 Å². The third-order valence-electron chi connectivity index (χ3n) is 2.01. The van der Waals surface area contributed by atoms with Crippen LogP contribution in [0.25, 0.3) is 0 Å². The Bertz CT molecular complexity index is 477. The highest BCUT2D eigenvalue weighted by atomic mass is 16.3. The number of rotatable bonds is 0. The number of aryl methyl sites for hydroxylation is 1. The molecule has 0 amide bonds. The lowest BCUT2D eigenvalue weighted by molar-refractivity contribution is 0.450. The lowest BCUT2D eigenvalue weighted by Gasteiger charge is -1.96. The fourth-order valence-corrected chi connectivity index (χ4v) is 1.13. The van der Waals surface area contributed by atoms with Crippen LogP contribution in [0.1, 0.15) is 5.56 Å². The molecular formula is C13H14O4. The quantitative estimate of drug-likeness (QED) is 0.528. The van der Waals surface area contributed by atoms with Crippen LogP contribution in [0.15, 0.2) is 42.5 Å². The van der Waals surface area contributed by atoms with E-state index < -0.39 is 0 Å². The Hall–Kier alpha value is -2.36. The maximum absolute atomic E-state index is 8.93. The molecule has 0 aliphatic rings. The first kappa shape index (κ1) is 12.7. The SMILES string of the molecule is Cc1cc(O)ccc1O.Oc1cccc(O)c1. The van der Waals surface area contributed by atoms with E-state index in [1.807, 2.05) is 0 Å². The monoisotopic (exact) mass is 234 g/mol. The zero-order valence-electron chi connectivity index (χ0n) is 9.33. The third kappa shape index (κ3) is 4.34. The van der Waals surface area contributed by atoms with Crippen LogP contribution in [0, 0.1) is 6.92 Å². The van der Waals surface area contributed by atoms with Gasteiger partial charge in [-0.25, -0.2) is 0 Å². The predicted molar refractivity (Wildman–Crippen MR) is 64.3 cm³/mol. The highest BCUT2D eigenvalue weighted by molar-refractivity contribution is 5.37. The number of benzene rings is 2. The number of aromatic hydroxyl groups is 4. The largest absolute Gasteiger partial charge is 0.508 e. The van der Waals surface area contributed by atoms with Crippen molar-refractivity contribution in [1.82, 2.24) is 0 Å². The molecule has 0 aromatic heterocycles. The summed E-state index contributed by atoms with van der Waals surface area (Å²) < 4.78 is 0. The zero-order valence-corrected chi connectivity index (χ0v) is 9.33. The Morgan fingerprint density at radius 3 is 1.59 bits per heavy atom. The van der Waals surface area contributed by atoms with Crippen LogP contribution < -0.4 is 0 Å². The van der Waals surface area contributed by atoms with Crippen LogP contribution in [0.2, 0.25) is 0 Å². The molecule has 0 radical (unpaired) electrons. The van der Waals surface area contributed by atoms with E-state index >= 15 is 0 Å². The first-order chi connectivity index (χ1) is 7.99. The molecule has 0 spiro atoms. The van der Waals surface area contributed by atoms with Gasteiger partial charge in [-0.3, -0.25) is 0 Å². The van der Waals surface area contributed by atoms with Crippen LogP contribution in [0.5, 0.6) is 23.0 Å². The van der Waals surface area contributed by atoms with Gasteiger partial charge < -0.3 is 20.4 Å². The van der Waals surface area contributed by atoms with Gasteiger partial charge in [0.2, 0.25) is 0 Å². The van der Waals surface area contributed by atoms with Gasteiger partial charge in [-0.2, -0.15) is 0 Å². The van der Waals surface area contributed by atoms with Gasteiger partial charge in [0.25, 0.3) is 0 Å². The minimum absolute atomic E-state index is 0.0880. The van der Waals surface area contributed by atoms with E-state index in [2.05, 4.69) is 0 Å². The number of phenolic OH excluding ortho intramolecular Hbond substituents is 4. The first-order valence-corrected chi connectivity index (χ1v) is 4.95. The molecule has 0 heterocycles. The van der Waals surface area contributed by atoms with E-state index in [-0.39, 0.29) is 23.0 Å². The van der Waals surface area contributed by atoms with Crippen molar-refractivity contribution >= 4 is 0 Å². The van der Waals surface area contributed by atoms with Gasteiger partial charge in [0.15, 0.2) is 0 Å². The molecule has 0 fully saturated rings. The Balaban J connectivity index is 0.000000171. The van der Waals surface area contributed by atoms with Crippen molar-refractivity contribution < 1.29 is 20.4 Å². The van der Waals surface area contributed by atoms with Crippen molar-refractivity contribution in [3.05, 3.63) is 48.0 Å². The molecule has 4 N–H and O–H groups in total. The first-order valence-electron chi connectivity index (χ1n) is 4.95. The topological polar surface area (TPSA) is 80.9 Å². The molecule has 0 aliphatic heterocycles. The van der Waals surface area contributed by atoms with Gasteiger partial charge in [-0.1, -0.05) is 6.07 Å². The van der Waals surface area contributed by atoms with E-state index in [9.17, 15) is 0 Å². The highest BCUT2D eigenvalue weighted by Crippen LogP contribution is 2.20. The van der Waals surface area contributed by atoms with Gasteiger partial charge >= 0.3 is 0 Å². The average Bonchev–Trinajstić information content (AvgIpc) is 2.24. The van der Waals surface area contributed by atoms with Crippen LogP contribution in [0.4, 0.5) is 0 Å². The molecule has 4 nitrogen and oxygen atoms in total. The Morgan fingerprint density at radius 1 is 0.706 bits per heavy atom. The zero-order chi connectivity index (χ0) is 12.8. The molecule has 0 unspecified atom stereocenters. The summed E-state index contributed by atoms with van der Waals surface area (Å²) in [7, 11) is 0. The summed E-state index contributed by atoms with van der Waals surface area (Å²) in [4.78, 5) is 0. The molecule has 0 atom stereocenters. The standard InChI is InChI=1S/C7H8O2.C6H6O2/c1-5-4-6(8)2-3-7(5)9;7-5-2-1-3-6(8)4-5/h2-4,8-9H,1H3;1-4,7-8H. The van der Waals surface area contributed by atoms with Crippen LogP contribution in [-0.2, 0) is 0 Å². The fraction of sp³-hybridized carbons (Fsp3) is 0.0769. The van der Waals surface area contributed by atoms with Gasteiger partial charge in [-0.05, 0) is 42.8 Å². The van der Waals surface area contributed by atoms with Gasteiger partial charge in [0.05, 0.1) is 0 Å². The third-order valence-corrected chi connectivity index (χ3v) is 2.01. The van der Waals surface area contributed by atoms with Crippen molar-refractivity contribution in [3.8, 4) is 23.0 Å². The molecule has 0 saturated heterocycles. The second-order valence-electron chi connectivity index (χ2n) is 3.49. The molecule has 0 aliphatic carbocycles. The van der Waals surface area contributed by atoms with E-state index in [1.165, 1.54) is 36.4 Å². The molecule has 2 rings (SSSR count). The summed E-state index contributed by atoms with van der Waals surface area (Å²) in [6.07, 6.45) is 0. The second kappa shape index (κ2) is 5.65. The molecule has 2 aromatic carbocycles. The summed E-state index contributed by atoms with van der Waals surface area (Å²) >= 11 is 0. The maximum Gasteiger partial charge on any atom is 0.119 e. The fourth-order valence-electron chi connectivity index (χ4n) is 1.13. The van der Waals surface area contributed by atoms with Gasteiger partial charge in [0, 0.05) is 6.07 Å². The molecule has 4 heteroatoms. The second-order valence-corrected chi connectivity index (χ2v) is 3.49. The minimum atomic E-state index is 0.0880. The summed E-state index contributed by atoms with van der Waals surface area (Å²) in [5.41, 5.74) is 0.690. The molecule has 2 aromatic rings. The average molecular weight is 234 g/mol. The van der Waals surface area contributed by atoms with Crippen LogP contribution in [0.3, 0.4) is 0 Å². The molecule has 0 saturated carbocycles. The van der Waals surface area contributed by atoms with E-state index in [1.54, 1.807) is 13.0 Å². The lowest BCUT2D eigenvalue weighted by atomic mass is 10.2. The van der Waals surface area contributed by atoms with Crippen molar-refractivity contribution in [2.75, 3.05) is 0 Å². The van der Waals surface area contributed by atoms with Crippen LogP contribution in [-0.4, -0.2) is 20.4 Å². The van der Waals surface area contributed by atoms with E-state index in [4.69, 9.17) is 20.4 Å². The number of hydrogen-bond donors (Lipinski definition) is 4. The summed E-state index contributed by atoms with van der Waals surface area (Å²) in [6, 6.07) is 10.3. The minimum Gasteiger partial charge on any atom is -0.508 e. The molecular weight excluding hydrogens is 220 g/mol. The number of hydrogen-bond acceptors (Lipinski definition) is 4. The summed E-state index contributed by atoms with van der Waals surface area (Å²) in [6.45, 7) is 1.73. The van der Waals surface area contributed by atoms with E-state index in [0.29, 0.717) is 5.56 Å². The van der Waals surface area contributed by atoms with Crippen molar-refractivity contribution in [2.24, 2.45) is 0 Å². The highest BCUT2D eigenvalue weighted by Gasteiger charge is 1.93. The Labute approximate surface area is 99.0 Å². The van der Waals surface area contributed by atoms with Crippen molar-refractivity contribution in [2.45, 2.75) is 6.92 Å².